The van der Waals surface area contributed by atoms with Crippen molar-refractivity contribution in [3.63, 3.8) is 0 Å². The summed E-state index contributed by atoms with van der Waals surface area (Å²) in [6.45, 7) is 3.05. The number of nitrogens with zero attached hydrogens (tertiary/aromatic N) is 2. The molecule has 7 heteroatoms. The van der Waals surface area contributed by atoms with Crippen molar-refractivity contribution in [2.24, 2.45) is 0 Å². The van der Waals surface area contributed by atoms with Gasteiger partial charge in [-0.3, -0.25) is 14.4 Å². The van der Waals surface area contributed by atoms with Gasteiger partial charge in [-0.15, -0.1) is 0 Å². The lowest BCUT2D eigenvalue weighted by atomic mass is 9.97. The van der Waals surface area contributed by atoms with E-state index in [1.54, 1.807) is 65.6 Å². The van der Waals surface area contributed by atoms with Crippen LogP contribution in [-0.4, -0.2) is 48.6 Å². The van der Waals surface area contributed by atoms with Gasteiger partial charge in [-0.25, -0.2) is 4.39 Å². The van der Waals surface area contributed by atoms with Gasteiger partial charge in [0.15, 0.2) is 11.6 Å². The summed E-state index contributed by atoms with van der Waals surface area (Å²) in [5.41, 5.74) is 1.85. The Morgan fingerprint density at radius 2 is 1.42 bits per heavy atom. The summed E-state index contributed by atoms with van der Waals surface area (Å²) in [5.74, 6) is -1.13. The summed E-state index contributed by atoms with van der Waals surface area (Å²) in [7, 11) is 0. The second-order valence-corrected chi connectivity index (χ2v) is 8.32. The van der Waals surface area contributed by atoms with Crippen LogP contribution in [-0.2, 0) is 0 Å². The molecule has 168 valence electrons. The van der Waals surface area contributed by atoms with Crippen molar-refractivity contribution in [1.29, 1.82) is 0 Å². The summed E-state index contributed by atoms with van der Waals surface area (Å²) in [6, 6.07) is 17.8. The average molecular weight is 465 g/mol. The molecular formula is C26H22ClFN2O3. The Bertz CT molecular complexity index is 1220. The third-order valence-electron chi connectivity index (χ3n) is 5.77. The van der Waals surface area contributed by atoms with E-state index in [1.165, 1.54) is 13.0 Å². The highest BCUT2D eigenvalue weighted by Crippen LogP contribution is 2.24. The molecule has 0 N–H and O–H groups in total. The van der Waals surface area contributed by atoms with Gasteiger partial charge < -0.3 is 9.80 Å². The van der Waals surface area contributed by atoms with E-state index in [0.29, 0.717) is 59.1 Å². The Morgan fingerprint density at radius 1 is 0.818 bits per heavy atom. The number of carbonyl (C=O) groups is 3. The van der Waals surface area contributed by atoms with Gasteiger partial charge in [0.25, 0.3) is 5.91 Å². The molecule has 3 aromatic rings. The van der Waals surface area contributed by atoms with Crippen LogP contribution in [0.2, 0.25) is 5.02 Å². The van der Waals surface area contributed by atoms with Crippen LogP contribution >= 0.6 is 11.6 Å². The van der Waals surface area contributed by atoms with E-state index in [-0.39, 0.29) is 17.5 Å². The van der Waals surface area contributed by atoms with Crippen LogP contribution < -0.4 is 4.90 Å². The monoisotopic (exact) mass is 464 g/mol. The van der Waals surface area contributed by atoms with Crippen LogP contribution in [0.15, 0.2) is 66.7 Å². The minimum Gasteiger partial charge on any atom is -0.366 e. The number of hydrogen-bond donors (Lipinski definition) is 0. The third kappa shape index (κ3) is 4.81. The first-order valence-corrected chi connectivity index (χ1v) is 11.0. The van der Waals surface area contributed by atoms with Gasteiger partial charge in [-0.05, 0) is 55.5 Å². The molecule has 1 heterocycles. The van der Waals surface area contributed by atoms with E-state index in [9.17, 15) is 18.8 Å². The number of rotatable bonds is 5. The normalized spacial score (nSPS) is 13.7. The first-order chi connectivity index (χ1) is 15.8. The second kappa shape index (κ2) is 9.55. The molecule has 0 aromatic heterocycles. The van der Waals surface area contributed by atoms with Crippen molar-refractivity contribution in [3.8, 4) is 0 Å². The lowest BCUT2D eigenvalue weighted by molar-refractivity contribution is 0.0742. The summed E-state index contributed by atoms with van der Waals surface area (Å²) in [6.07, 6.45) is 0. The van der Waals surface area contributed by atoms with E-state index in [4.69, 9.17) is 11.6 Å². The van der Waals surface area contributed by atoms with Crippen LogP contribution in [0.25, 0.3) is 0 Å². The van der Waals surface area contributed by atoms with Crippen molar-refractivity contribution >= 4 is 34.8 Å². The van der Waals surface area contributed by atoms with Gasteiger partial charge in [0, 0.05) is 47.9 Å². The summed E-state index contributed by atoms with van der Waals surface area (Å²) in [5, 5.41) is 0.529. The smallest absolute Gasteiger partial charge is 0.254 e. The van der Waals surface area contributed by atoms with Gasteiger partial charge in [-0.1, -0.05) is 29.8 Å². The number of Topliss-reactive ketones (excluding diaryl/α,β-unsaturated/α-hetero) is 1. The highest BCUT2D eigenvalue weighted by atomic mass is 35.5. The fraction of sp³-hybridized carbons (Fsp3) is 0.192. The van der Waals surface area contributed by atoms with E-state index in [2.05, 4.69) is 0 Å². The van der Waals surface area contributed by atoms with E-state index >= 15 is 0 Å². The fourth-order valence-electron chi connectivity index (χ4n) is 3.93. The number of piperazine rings is 1. The molecule has 0 bridgehead atoms. The quantitative estimate of drug-likeness (QED) is 0.505. The van der Waals surface area contributed by atoms with Gasteiger partial charge in [0.1, 0.15) is 5.82 Å². The number of anilines is 1. The van der Waals surface area contributed by atoms with Crippen molar-refractivity contribution in [1.82, 2.24) is 4.90 Å². The second-order valence-electron chi connectivity index (χ2n) is 7.88. The Hall–Kier alpha value is -3.51. The predicted octanol–water partition coefficient (Wildman–Crippen LogP) is 4.88. The molecule has 0 aliphatic carbocycles. The van der Waals surface area contributed by atoms with Crippen molar-refractivity contribution < 1.29 is 18.8 Å². The zero-order valence-electron chi connectivity index (χ0n) is 18.1. The molecular weight excluding hydrogens is 443 g/mol. The molecule has 4 rings (SSSR count). The summed E-state index contributed by atoms with van der Waals surface area (Å²) >= 11 is 5.92. The van der Waals surface area contributed by atoms with Crippen LogP contribution in [0.1, 0.15) is 43.6 Å². The Kier molecular flexibility index (Phi) is 6.56. The predicted molar refractivity (Wildman–Crippen MR) is 126 cm³/mol. The molecule has 1 aliphatic heterocycles. The van der Waals surface area contributed by atoms with E-state index in [0.717, 1.165) is 0 Å². The molecule has 1 aliphatic rings. The van der Waals surface area contributed by atoms with Gasteiger partial charge in [0.05, 0.1) is 11.3 Å². The number of halogens is 2. The van der Waals surface area contributed by atoms with E-state index < -0.39 is 5.82 Å². The molecule has 0 radical (unpaired) electrons. The first kappa shape index (κ1) is 22.7. The zero-order chi connectivity index (χ0) is 23.5. The molecule has 1 amide bonds. The number of benzene rings is 3. The maximum atomic E-state index is 14.5. The Morgan fingerprint density at radius 3 is 2.03 bits per heavy atom. The van der Waals surface area contributed by atoms with E-state index in [1.807, 2.05) is 4.90 Å². The number of ketones is 2. The topological polar surface area (TPSA) is 57.7 Å². The molecule has 33 heavy (non-hydrogen) atoms. The fourth-order valence-corrected chi connectivity index (χ4v) is 4.05. The van der Waals surface area contributed by atoms with Crippen molar-refractivity contribution in [2.45, 2.75) is 6.92 Å². The lowest BCUT2D eigenvalue weighted by Crippen LogP contribution is -2.49. The number of amides is 1. The maximum absolute atomic E-state index is 14.5. The van der Waals surface area contributed by atoms with Gasteiger partial charge >= 0.3 is 0 Å². The van der Waals surface area contributed by atoms with Crippen LogP contribution in [0, 0.1) is 5.82 Å². The molecule has 0 spiro atoms. The molecule has 3 aromatic carbocycles. The van der Waals surface area contributed by atoms with Gasteiger partial charge in [-0.2, -0.15) is 0 Å². The molecule has 0 unspecified atom stereocenters. The summed E-state index contributed by atoms with van der Waals surface area (Å²) < 4.78 is 14.5. The Labute approximate surface area is 196 Å². The number of carbonyl (C=O) groups excluding carboxylic acids is 3. The highest BCUT2D eigenvalue weighted by Gasteiger charge is 2.27. The maximum Gasteiger partial charge on any atom is 0.254 e. The van der Waals surface area contributed by atoms with Crippen LogP contribution in [0.3, 0.4) is 0 Å². The van der Waals surface area contributed by atoms with Crippen molar-refractivity contribution in [2.75, 3.05) is 31.1 Å². The summed E-state index contributed by atoms with van der Waals surface area (Å²) in [4.78, 5) is 41.3. The molecule has 0 saturated carbocycles. The molecule has 1 saturated heterocycles. The highest BCUT2D eigenvalue weighted by molar-refractivity contribution is 6.30. The Balaban J connectivity index is 1.49. The molecule has 1 fully saturated rings. The number of hydrogen-bond acceptors (Lipinski definition) is 4. The zero-order valence-corrected chi connectivity index (χ0v) is 18.8. The molecule has 0 atom stereocenters. The van der Waals surface area contributed by atoms with Crippen molar-refractivity contribution in [3.05, 3.63) is 99.8 Å². The average Bonchev–Trinajstić information content (AvgIpc) is 2.83. The minimum atomic E-state index is -0.457. The minimum absolute atomic E-state index is 0.192. The largest absolute Gasteiger partial charge is 0.366 e. The lowest BCUT2D eigenvalue weighted by Gasteiger charge is -2.36. The first-order valence-electron chi connectivity index (χ1n) is 10.6. The third-order valence-corrected chi connectivity index (χ3v) is 6.02. The molecule has 5 nitrogen and oxygen atoms in total. The standard InChI is InChI=1S/C26H22ClFN2O3/c1-17(31)19-8-11-24(23(28)16-19)29-12-14-30(15-13-29)26(33)22-5-3-2-4-21(22)25(32)18-6-9-20(27)10-7-18/h2-11,16H,12-15H2,1H3. The van der Waals surface area contributed by atoms with Gasteiger partial charge in [0.2, 0.25) is 0 Å². The SMILES string of the molecule is CC(=O)c1ccc(N2CCN(C(=O)c3ccccc3C(=O)c3ccc(Cl)cc3)CC2)c(F)c1. The van der Waals surface area contributed by atoms with Crippen LogP contribution in [0.5, 0.6) is 0 Å². The van der Waals surface area contributed by atoms with Crippen LogP contribution in [0.4, 0.5) is 10.1 Å².